The van der Waals surface area contributed by atoms with Crippen molar-refractivity contribution in [3.63, 3.8) is 0 Å². The summed E-state index contributed by atoms with van der Waals surface area (Å²) in [5, 5.41) is 2.75. The molecule has 1 aliphatic heterocycles. The van der Waals surface area contributed by atoms with E-state index in [1.807, 2.05) is 6.08 Å². The van der Waals surface area contributed by atoms with Crippen molar-refractivity contribution >= 4 is 5.91 Å². The predicted molar refractivity (Wildman–Crippen MR) is 55.4 cm³/mol. The summed E-state index contributed by atoms with van der Waals surface area (Å²) in [6.07, 6.45) is 5.79. The standard InChI is InChI=1S/C11H17NO2/c1-4-5-8(2)6-9-10(14-3)7-11(13)12-9/h6-8H,4-5H2,1-3H3,(H,12,13). The van der Waals surface area contributed by atoms with Crippen LogP contribution in [-0.4, -0.2) is 13.0 Å². The quantitative estimate of drug-likeness (QED) is 0.744. The molecule has 1 rings (SSSR count). The average Bonchev–Trinajstić information content (AvgIpc) is 2.46. The summed E-state index contributed by atoms with van der Waals surface area (Å²) in [6.45, 7) is 4.28. The lowest BCUT2D eigenvalue weighted by molar-refractivity contribution is -0.115. The second-order valence-electron chi connectivity index (χ2n) is 3.55. The molecule has 3 nitrogen and oxygen atoms in total. The molecule has 0 saturated carbocycles. The molecular weight excluding hydrogens is 178 g/mol. The van der Waals surface area contributed by atoms with Gasteiger partial charge in [0.05, 0.1) is 12.8 Å². The number of allylic oxidation sites excluding steroid dienone is 1. The predicted octanol–water partition coefficient (Wildman–Crippen LogP) is 1.97. The number of methoxy groups -OCH3 is 1. The van der Waals surface area contributed by atoms with Gasteiger partial charge in [0.1, 0.15) is 5.76 Å². The van der Waals surface area contributed by atoms with Crippen LogP contribution in [0.25, 0.3) is 0 Å². The molecule has 78 valence electrons. The van der Waals surface area contributed by atoms with Gasteiger partial charge in [-0.3, -0.25) is 4.79 Å². The summed E-state index contributed by atoms with van der Waals surface area (Å²) in [5.41, 5.74) is 0.804. The van der Waals surface area contributed by atoms with Gasteiger partial charge in [-0.15, -0.1) is 0 Å². The minimum absolute atomic E-state index is 0.100. The highest BCUT2D eigenvalue weighted by atomic mass is 16.5. The zero-order valence-corrected chi connectivity index (χ0v) is 8.96. The summed E-state index contributed by atoms with van der Waals surface area (Å²) in [4.78, 5) is 11.1. The first-order valence-electron chi connectivity index (χ1n) is 4.96. The molecule has 0 spiro atoms. The Bertz CT molecular complexity index is 279. The van der Waals surface area contributed by atoms with E-state index in [2.05, 4.69) is 19.2 Å². The third kappa shape index (κ3) is 2.62. The first-order valence-corrected chi connectivity index (χ1v) is 4.96. The van der Waals surface area contributed by atoms with Crippen LogP contribution in [-0.2, 0) is 9.53 Å². The van der Waals surface area contributed by atoms with E-state index in [9.17, 15) is 4.79 Å². The van der Waals surface area contributed by atoms with Crippen LogP contribution in [0.15, 0.2) is 23.6 Å². The number of hydrogen-bond donors (Lipinski definition) is 1. The summed E-state index contributed by atoms with van der Waals surface area (Å²) >= 11 is 0. The van der Waals surface area contributed by atoms with Crippen molar-refractivity contribution in [3.8, 4) is 0 Å². The molecule has 0 aromatic rings. The molecule has 1 atom stereocenters. The molecule has 1 aliphatic rings. The number of hydrogen-bond acceptors (Lipinski definition) is 2. The highest BCUT2D eigenvalue weighted by molar-refractivity contribution is 5.94. The van der Waals surface area contributed by atoms with Crippen LogP contribution in [0.2, 0.25) is 0 Å². The Balaban J connectivity index is 2.69. The van der Waals surface area contributed by atoms with Gasteiger partial charge in [-0.2, -0.15) is 0 Å². The summed E-state index contributed by atoms with van der Waals surface area (Å²) in [6, 6.07) is 0. The molecule has 1 heterocycles. The van der Waals surface area contributed by atoms with Crippen LogP contribution in [0.1, 0.15) is 26.7 Å². The fraction of sp³-hybridized carbons (Fsp3) is 0.545. The minimum Gasteiger partial charge on any atom is -0.494 e. The summed E-state index contributed by atoms with van der Waals surface area (Å²) < 4.78 is 5.08. The van der Waals surface area contributed by atoms with Crippen molar-refractivity contribution in [3.05, 3.63) is 23.6 Å². The lowest BCUT2D eigenvalue weighted by atomic mass is 10.0. The SMILES string of the molecule is CCCC(C)C=C1NC(=O)C=C1OC. The van der Waals surface area contributed by atoms with Crippen LogP contribution < -0.4 is 5.32 Å². The van der Waals surface area contributed by atoms with Gasteiger partial charge in [0.2, 0.25) is 0 Å². The molecule has 1 amide bonds. The van der Waals surface area contributed by atoms with Gasteiger partial charge in [0.25, 0.3) is 5.91 Å². The molecule has 0 bridgehead atoms. The fourth-order valence-electron chi connectivity index (χ4n) is 1.54. The highest BCUT2D eigenvalue weighted by Crippen LogP contribution is 2.18. The zero-order chi connectivity index (χ0) is 10.6. The van der Waals surface area contributed by atoms with Gasteiger partial charge in [-0.1, -0.05) is 26.3 Å². The van der Waals surface area contributed by atoms with Crippen LogP contribution in [0.3, 0.4) is 0 Å². The Labute approximate surface area is 84.8 Å². The molecule has 0 aromatic carbocycles. The van der Waals surface area contributed by atoms with Gasteiger partial charge >= 0.3 is 0 Å². The second kappa shape index (κ2) is 4.84. The number of nitrogens with one attached hydrogen (secondary N) is 1. The Kier molecular flexibility index (Phi) is 3.74. The number of amides is 1. The molecule has 0 radical (unpaired) electrons. The van der Waals surface area contributed by atoms with E-state index < -0.39 is 0 Å². The average molecular weight is 195 g/mol. The van der Waals surface area contributed by atoms with Gasteiger partial charge < -0.3 is 10.1 Å². The number of carbonyl (C=O) groups excluding carboxylic acids is 1. The maximum absolute atomic E-state index is 11.1. The van der Waals surface area contributed by atoms with Crippen LogP contribution >= 0.6 is 0 Å². The van der Waals surface area contributed by atoms with E-state index in [1.165, 1.54) is 6.08 Å². The van der Waals surface area contributed by atoms with Crippen LogP contribution in [0.4, 0.5) is 0 Å². The van der Waals surface area contributed by atoms with Gasteiger partial charge in [-0.05, 0) is 12.3 Å². The van der Waals surface area contributed by atoms with Crippen LogP contribution in [0.5, 0.6) is 0 Å². The number of rotatable bonds is 4. The van der Waals surface area contributed by atoms with Crippen molar-refractivity contribution < 1.29 is 9.53 Å². The maximum Gasteiger partial charge on any atom is 0.252 e. The van der Waals surface area contributed by atoms with Crippen molar-refractivity contribution in [1.82, 2.24) is 5.32 Å². The molecule has 0 saturated heterocycles. The van der Waals surface area contributed by atoms with Gasteiger partial charge in [0.15, 0.2) is 0 Å². The smallest absolute Gasteiger partial charge is 0.252 e. The lowest BCUT2D eigenvalue weighted by Gasteiger charge is -2.08. The van der Waals surface area contributed by atoms with E-state index in [-0.39, 0.29) is 5.91 Å². The van der Waals surface area contributed by atoms with Crippen LogP contribution in [0, 0.1) is 5.92 Å². The molecule has 1 unspecified atom stereocenters. The number of ether oxygens (including phenoxy) is 1. The molecule has 0 aromatic heterocycles. The molecule has 0 fully saturated rings. The normalized spacial score (nSPS) is 20.6. The molecule has 3 heteroatoms. The highest BCUT2D eigenvalue weighted by Gasteiger charge is 2.18. The largest absolute Gasteiger partial charge is 0.494 e. The summed E-state index contributed by atoms with van der Waals surface area (Å²) in [5.74, 6) is 1.00. The Hall–Kier alpha value is -1.25. The topological polar surface area (TPSA) is 38.3 Å². The van der Waals surface area contributed by atoms with E-state index in [0.717, 1.165) is 18.5 Å². The lowest BCUT2D eigenvalue weighted by Crippen LogP contribution is -2.14. The van der Waals surface area contributed by atoms with Crippen molar-refractivity contribution in [1.29, 1.82) is 0 Å². The van der Waals surface area contributed by atoms with Crippen molar-refractivity contribution in [2.75, 3.05) is 7.11 Å². The fourth-order valence-corrected chi connectivity index (χ4v) is 1.54. The Morgan fingerprint density at radius 3 is 2.93 bits per heavy atom. The first kappa shape index (κ1) is 10.8. The number of carbonyl (C=O) groups is 1. The first-order chi connectivity index (χ1) is 6.67. The summed E-state index contributed by atoms with van der Waals surface area (Å²) in [7, 11) is 1.57. The van der Waals surface area contributed by atoms with E-state index in [0.29, 0.717) is 11.7 Å². The van der Waals surface area contributed by atoms with Crippen molar-refractivity contribution in [2.45, 2.75) is 26.7 Å². The maximum atomic E-state index is 11.1. The third-order valence-corrected chi connectivity index (χ3v) is 2.20. The minimum atomic E-state index is -0.100. The van der Waals surface area contributed by atoms with E-state index >= 15 is 0 Å². The molecule has 14 heavy (non-hydrogen) atoms. The molecule has 1 N–H and O–H groups in total. The Morgan fingerprint density at radius 1 is 1.64 bits per heavy atom. The monoisotopic (exact) mass is 195 g/mol. The van der Waals surface area contributed by atoms with E-state index in [4.69, 9.17) is 4.74 Å². The van der Waals surface area contributed by atoms with Crippen molar-refractivity contribution in [2.24, 2.45) is 5.92 Å². The second-order valence-corrected chi connectivity index (χ2v) is 3.55. The third-order valence-electron chi connectivity index (χ3n) is 2.20. The molecule has 0 aliphatic carbocycles. The van der Waals surface area contributed by atoms with Gasteiger partial charge in [0, 0.05) is 6.08 Å². The molecular formula is C11H17NO2. The zero-order valence-electron chi connectivity index (χ0n) is 8.96. The Morgan fingerprint density at radius 2 is 2.36 bits per heavy atom. The van der Waals surface area contributed by atoms with Gasteiger partial charge in [-0.25, -0.2) is 0 Å². The van der Waals surface area contributed by atoms with E-state index in [1.54, 1.807) is 7.11 Å².